The van der Waals surface area contributed by atoms with Crippen molar-refractivity contribution >= 4 is 11.9 Å². The molecule has 1 nitrogen and oxygen atoms in total. The summed E-state index contributed by atoms with van der Waals surface area (Å²) in [5.74, 6) is 0. The molecular weight excluding hydrogens is 218 g/mol. The average molecular weight is 237 g/mol. The summed E-state index contributed by atoms with van der Waals surface area (Å²) < 4.78 is 0. The first-order valence-corrected chi connectivity index (χ1v) is 6.25. The van der Waals surface area contributed by atoms with Crippen molar-refractivity contribution in [1.29, 1.82) is 0 Å². The molecule has 0 saturated carbocycles. The molecule has 0 spiro atoms. The van der Waals surface area contributed by atoms with Crippen LogP contribution >= 0.6 is 0 Å². The van der Waals surface area contributed by atoms with E-state index in [9.17, 15) is 0 Å². The molecule has 18 heavy (non-hydrogen) atoms. The summed E-state index contributed by atoms with van der Waals surface area (Å²) >= 11 is 0. The molecule has 0 aliphatic heterocycles. The van der Waals surface area contributed by atoms with Crippen LogP contribution in [0.3, 0.4) is 0 Å². The largest absolute Gasteiger partial charge is 0.256 e. The van der Waals surface area contributed by atoms with Crippen molar-refractivity contribution in [2.75, 3.05) is 0 Å². The Balaban J connectivity index is 2.23. The van der Waals surface area contributed by atoms with Gasteiger partial charge in [0.1, 0.15) is 0 Å². The Morgan fingerprint density at radius 2 is 1.61 bits per heavy atom. The Kier molecular flexibility index (Phi) is 3.61. The van der Waals surface area contributed by atoms with E-state index in [-0.39, 0.29) is 5.41 Å². The van der Waals surface area contributed by atoms with Crippen LogP contribution in [0.15, 0.2) is 59.6 Å². The molecule has 0 unspecified atom stereocenters. The molecule has 1 heteroatoms. The highest BCUT2D eigenvalue weighted by molar-refractivity contribution is 5.82. The van der Waals surface area contributed by atoms with E-state index in [0.29, 0.717) is 0 Å². The van der Waals surface area contributed by atoms with Gasteiger partial charge in [0.25, 0.3) is 0 Å². The van der Waals surface area contributed by atoms with Crippen molar-refractivity contribution in [3.05, 3.63) is 65.7 Å². The van der Waals surface area contributed by atoms with Crippen molar-refractivity contribution in [2.24, 2.45) is 4.99 Å². The minimum atomic E-state index is 0.177. The second-order valence-corrected chi connectivity index (χ2v) is 5.47. The third-order valence-electron chi connectivity index (χ3n) is 2.87. The van der Waals surface area contributed by atoms with E-state index in [2.05, 4.69) is 50.0 Å². The summed E-state index contributed by atoms with van der Waals surface area (Å²) in [5.41, 5.74) is 3.64. The van der Waals surface area contributed by atoms with Gasteiger partial charge in [0.05, 0.1) is 5.69 Å². The normalized spacial score (nSPS) is 11.9. The molecule has 0 aromatic heterocycles. The van der Waals surface area contributed by atoms with Gasteiger partial charge >= 0.3 is 0 Å². The van der Waals surface area contributed by atoms with Crippen LogP contribution in [0.4, 0.5) is 5.69 Å². The lowest BCUT2D eigenvalue weighted by Gasteiger charge is -2.19. The Morgan fingerprint density at radius 3 is 2.28 bits per heavy atom. The molecule has 0 heterocycles. The maximum atomic E-state index is 4.47. The van der Waals surface area contributed by atoms with Crippen molar-refractivity contribution in [3.8, 4) is 0 Å². The molecule has 0 saturated heterocycles. The molecule has 0 N–H and O–H groups in total. The number of hydrogen-bond donors (Lipinski definition) is 0. The minimum absolute atomic E-state index is 0.177. The Bertz CT molecular complexity index is 533. The number of aliphatic imine (C=N–C) groups is 1. The third kappa shape index (κ3) is 3.30. The number of nitrogens with zero attached hydrogens (tertiary/aromatic N) is 1. The lowest BCUT2D eigenvalue weighted by molar-refractivity contribution is 0.590. The first-order valence-electron chi connectivity index (χ1n) is 6.25. The maximum absolute atomic E-state index is 4.47. The standard InChI is InChI=1S/C17H19N/c1-17(2,3)15-9-7-8-14(12-15)13-18-16-10-5-4-6-11-16/h4-13H,1-3H3. The van der Waals surface area contributed by atoms with Gasteiger partial charge in [-0.05, 0) is 34.7 Å². The van der Waals surface area contributed by atoms with E-state index >= 15 is 0 Å². The van der Waals surface area contributed by atoms with Gasteiger partial charge in [0.2, 0.25) is 0 Å². The molecule has 0 amide bonds. The van der Waals surface area contributed by atoms with Gasteiger partial charge in [-0.15, -0.1) is 0 Å². The van der Waals surface area contributed by atoms with Gasteiger partial charge in [-0.1, -0.05) is 57.2 Å². The Labute approximate surface area is 109 Å². The fourth-order valence-electron chi connectivity index (χ4n) is 1.75. The van der Waals surface area contributed by atoms with E-state index in [1.807, 2.05) is 36.5 Å². The van der Waals surface area contributed by atoms with Crippen LogP contribution in [0.1, 0.15) is 31.9 Å². The van der Waals surface area contributed by atoms with E-state index in [4.69, 9.17) is 0 Å². The third-order valence-corrected chi connectivity index (χ3v) is 2.87. The number of para-hydroxylation sites is 1. The zero-order valence-corrected chi connectivity index (χ0v) is 11.2. The van der Waals surface area contributed by atoms with Crippen molar-refractivity contribution in [2.45, 2.75) is 26.2 Å². The average Bonchev–Trinajstić information content (AvgIpc) is 2.37. The van der Waals surface area contributed by atoms with Crippen LogP contribution in [-0.4, -0.2) is 6.21 Å². The van der Waals surface area contributed by atoms with Gasteiger partial charge < -0.3 is 0 Å². The van der Waals surface area contributed by atoms with E-state index in [0.717, 1.165) is 11.3 Å². The zero-order chi connectivity index (χ0) is 13.0. The number of rotatable bonds is 2. The fraction of sp³-hybridized carbons (Fsp3) is 0.235. The maximum Gasteiger partial charge on any atom is 0.0629 e. The predicted molar refractivity (Wildman–Crippen MR) is 78.8 cm³/mol. The van der Waals surface area contributed by atoms with Gasteiger partial charge in [0, 0.05) is 6.21 Å². The van der Waals surface area contributed by atoms with E-state index in [1.165, 1.54) is 5.56 Å². The van der Waals surface area contributed by atoms with Crippen molar-refractivity contribution in [1.82, 2.24) is 0 Å². The Morgan fingerprint density at radius 1 is 0.889 bits per heavy atom. The molecule has 0 fully saturated rings. The van der Waals surface area contributed by atoms with Crippen LogP contribution in [0.5, 0.6) is 0 Å². The molecule has 0 bridgehead atoms. The monoisotopic (exact) mass is 237 g/mol. The highest BCUT2D eigenvalue weighted by Gasteiger charge is 2.12. The summed E-state index contributed by atoms with van der Waals surface area (Å²) in [6.45, 7) is 6.67. The number of hydrogen-bond acceptors (Lipinski definition) is 1. The molecule has 0 radical (unpaired) electrons. The summed E-state index contributed by atoms with van der Waals surface area (Å²) in [4.78, 5) is 4.47. The SMILES string of the molecule is CC(C)(C)c1cccc(C=Nc2ccccc2)c1. The summed E-state index contributed by atoms with van der Waals surface area (Å²) in [6, 6.07) is 18.5. The van der Waals surface area contributed by atoms with Crippen LogP contribution in [0, 0.1) is 0 Å². The molecule has 92 valence electrons. The molecule has 2 aromatic rings. The summed E-state index contributed by atoms with van der Waals surface area (Å²) in [6.07, 6.45) is 1.92. The Hall–Kier alpha value is -1.89. The first kappa shape index (κ1) is 12.6. The second kappa shape index (κ2) is 5.18. The molecular formula is C17H19N. The van der Waals surface area contributed by atoms with Gasteiger partial charge in [-0.3, -0.25) is 4.99 Å². The molecule has 0 aliphatic rings. The van der Waals surface area contributed by atoms with Crippen LogP contribution < -0.4 is 0 Å². The van der Waals surface area contributed by atoms with E-state index in [1.54, 1.807) is 0 Å². The molecule has 2 aromatic carbocycles. The van der Waals surface area contributed by atoms with Crippen molar-refractivity contribution in [3.63, 3.8) is 0 Å². The topological polar surface area (TPSA) is 12.4 Å². The van der Waals surface area contributed by atoms with Gasteiger partial charge in [-0.25, -0.2) is 0 Å². The molecule has 2 rings (SSSR count). The second-order valence-electron chi connectivity index (χ2n) is 5.47. The first-order chi connectivity index (χ1) is 8.55. The van der Waals surface area contributed by atoms with Gasteiger partial charge in [0.15, 0.2) is 0 Å². The number of benzene rings is 2. The lowest BCUT2D eigenvalue weighted by Crippen LogP contribution is -2.11. The van der Waals surface area contributed by atoms with Crippen molar-refractivity contribution < 1.29 is 0 Å². The zero-order valence-electron chi connectivity index (χ0n) is 11.2. The predicted octanol–water partition coefficient (Wildman–Crippen LogP) is 4.73. The van der Waals surface area contributed by atoms with Gasteiger partial charge in [-0.2, -0.15) is 0 Å². The minimum Gasteiger partial charge on any atom is -0.256 e. The highest BCUT2D eigenvalue weighted by atomic mass is 14.7. The summed E-state index contributed by atoms with van der Waals surface area (Å²) in [5, 5.41) is 0. The van der Waals surface area contributed by atoms with Crippen LogP contribution in [0.2, 0.25) is 0 Å². The molecule has 0 atom stereocenters. The van der Waals surface area contributed by atoms with E-state index < -0.39 is 0 Å². The molecule has 0 aliphatic carbocycles. The quantitative estimate of drug-likeness (QED) is 0.669. The summed E-state index contributed by atoms with van der Waals surface area (Å²) in [7, 11) is 0. The van der Waals surface area contributed by atoms with Crippen LogP contribution in [-0.2, 0) is 5.41 Å². The lowest BCUT2D eigenvalue weighted by atomic mass is 9.86. The smallest absolute Gasteiger partial charge is 0.0629 e. The fourth-order valence-corrected chi connectivity index (χ4v) is 1.75. The highest BCUT2D eigenvalue weighted by Crippen LogP contribution is 2.22. The van der Waals surface area contributed by atoms with Crippen LogP contribution in [0.25, 0.3) is 0 Å².